The van der Waals surface area contributed by atoms with Crippen LogP contribution in [-0.2, 0) is 4.79 Å². The van der Waals surface area contributed by atoms with E-state index >= 15 is 0 Å². The Labute approximate surface area is 120 Å². The van der Waals surface area contributed by atoms with Gasteiger partial charge in [0.1, 0.15) is 5.78 Å². The minimum atomic E-state index is 0.152. The summed E-state index contributed by atoms with van der Waals surface area (Å²) in [5.74, 6) is 0.695. The highest BCUT2D eigenvalue weighted by molar-refractivity contribution is 9.10. The van der Waals surface area contributed by atoms with E-state index in [9.17, 15) is 4.79 Å². The van der Waals surface area contributed by atoms with Crippen LogP contribution in [0.3, 0.4) is 0 Å². The monoisotopic (exact) mass is 319 g/mol. The quantitative estimate of drug-likeness (QED) is 0.918. The van der Waals surface area contributed by atoms with Crippen molar-refractivity contribution in [3.63, 3.8) is 0 Å². The molecule has 0 unspecified atom stereocenters. The molecule has 0 bridgehead atoms. The van der Waals surface area contributed by atoms with Gasteiger partial charge in [0.2, 0.25) is 5.95 Å². The number of halogens is 1. The van der Waals surface area contributed by atoms with Crippen LogP contribution in [0.1, 0.15) is 13.3 Å². The van der Waals surface area contributed by atoms with Crippen LogP contribution in [0, 0.1) is 0 Å². The molecule has 0 fully saturated rings. The highest BCUT2D eigenvalue weighted by Crippen LogP contribution is 2.20. The maximum atomic E-state index is 10.8. The number of benzene rings is 1. The van der Waals surface area contributed by atoms with E-state index in [2.05, 4.69) is 31.2 Å². The zero-order chi connectivity index (χ0) is 13.7. The van der Waals surface area contributed by atoms with Gasteiger partial charge in [-0.25, -0.2) is 9.97 Å². The van der Waals surface area contributed by atoms with Crippen molar-refractivity contribution < 1.29 is 4.79 Å². The van der Waals surface area contributed by atoms with Crippen LogP contribution in [0.15, 0.2) is 41.1 Å². The van der Waals surface area contributed by atoms with Crippen molar-refractivity contribution in [2.45, 2.75) is 13.3 Å². The minimum Gasteiger partial charge on any atom is -0.354 e. The van der Waals surface area contributed by atoms with Gasteiger partial charge in [-0.15, -0.1) is 0 Å². The van der Waals surface area contributed by atoms with Gasteiger partial charge < -0.3 is 5.32 Å². The van der Waals surface area contributed by atoms with Crippen molar-refractivity contribution in [1.82, 2.24) is 9.97 Å². The summed E-state index contributed by atoms with van der Waals surface area (Å²) in [5, 5.41) is 3.01. The van der Waals surface area contributed by atoms with E-state index in [-0.39, 0.29) is 5.78 Å². The maximum absolute atomic E-state index is 10.8. The lowest BCUT2D eigenvalue weighted by Crippen LogP contribution is -2.08. The third-order valence-corrected chi connectivity index (χ3v) is 3.12. The summed E-state index contributed by atoms with van der Waals surface area (Å²) in [6.07, 6.45) is 4.02. The molecule has 0 radical (unpaired) electrons. The second kappa shape index (κ2) is 6.43. The molecule has 5 heteroatoms. The number of ketones is 1. The molecular weight excluding hydrogens is 306 g/mol. The number of hydrogen-bond acceptors (Lipinski definition) is 4. The predicted molar refractivity (Wildman–Crippen MR) is 79.0 cm³/mol. The van der Waals surface area contributed by atoms with E-state index < -0.39 is 0 Å². The lowest BCUT2D eigenvalue weighted by atomic mass is 10.1. The number of nitrogens with one attached hydrogen (secondary N) is 1. The van der Waals surface area contributed by atoms with Crippen molar-refractivity contribution in [3.8, 4) is 11.1 Å². The first kappa shape index (κ1) is 13.7. The highest BCUT2D eigenvalue weighted by atomic mass is 79.9. The van der Waals surface area contributed by atoms with E-state index in [1.807, 2.05) is 24.3 Å². The Morgan fingerprint density at radius 1 is 1.16 bits per heavy atom. The summed E-state index contributed by atoms with van der Waals surface area (Å²) >= 11 is 3.40. The normalized spacial score (nSPS) is 10.2. The minimum absolute atomic E-state index is 0.152. The highest BCUT2D eigenvalue weighted by Gasteiger charge is 2.01. The molecule has 1 aromatic heterocycles. The fourth-order valence-electron chi connectivity index (χ4n) is 1.56. The number of Topliss-reactive ketones (excluding diaryl/α,β-unsaturated/α-hetero) is 1. The molecular formula is C14H14BrN3O. The van der Waals surface area contributed by atoms with Gasteiger partial charge in [0.25, 0.3) is 0 Å². The molecule has 2 aromatic rings. The summed E-state index contributed by atoms with van der Waals surface area (Å²) < 4.78 is 1.04. The largest absolute Gasteiger partial charge is 0.354 e. The summed E-state index contributed by atoms with van der Waals surface area (Å²) in [6, 6.07) is 7.97. The lowest BCUT2D eigenvalue weighted by molar-refractivity contribution is -0.116. The summed E-state index contributed by atoms with van der Waals surface area (Å²) in [7, 11) is 0. The zero-order valence-corrected chi connectivity index (χ0v) is 12.1. The van der Waals surface area contributed by atoms with E-state index in [1.165, 1.54) is 0 Å². The second-order valence-corrected chi connectivity index (χ2v) is 5.10. The molecule has 2 rings (SSSR count). The molecule has 0 saturated heterocycles. The van der Waals surface area contributed by atoms with Gasteiger partial charge in [-0.2, -0.15) is 0 Å². The first-order chi connectivity index (χ1) is 9.15. The van der Waals surface area contributed by atoms with Gasteiger partial charge in [0.15, 0.2) is 0 Å². The molecule has 19 heavy (non-hydrogen) atoms. The van der Waals surface area contributed by atoms with Crippen molar-refractivity contribution in [1.29, 1.82) is 0 Å². The second-order valence-electron chi connectivity index (χ2n) is 4.18. The van der Waals surface area contributed by atoms with Gasteiger partial charge in [-0.3, -0.25) is 4.79 Å². The molecule has 0 atom stereocenters. The summed E-state index contributed by atoms with van der Waals surface area (Å²) in [5.41, 5.74) is 2.03. The summed E-state index contributed by atoms with van der Waals surface area (Å²) in [6.45, 7) is 2.13. The number of hydrogen-bond donors (Lipinski definition) is 1. The third-order valence-electron chi connectivity index (χ3n) is 2.59. The number of nitrogens with zero attached hydrogens (tertiary/aromatic N) is 2. The van der Waals surface area contributed by atoms with Gasteiger partial charge in [0, 0.05) is 35.4 Å². The van der Waals surface area contributed by atoms with Crippen molar-refractivity contribution in [2.24, 2.45) is 0 Å². The Morgan fingerprint density at radius 2 is 1.79 bits per heavy atom. The van der Waals surface area contributed by atoms with Crippen molar-refractivity contribution in [3.05, 3.63) is 41.1 Å². The van der Waals surface area contributed by atoms with Gasteiger partial charge in [-0.1, -0.05) is 28.1 Å². The van der Waals surface area contributed by atoms with Crippen LogP contribution in [-0.4, -0.2) is 22.3 Å². The SMILES string of the molecule is CC(=O)CCNc1ncc(-c2ccc(Br)cc2)cn1. The van der Waals surface area contributed by atoms with Crippen molar-refractivity contribution in [2.75, 3.05) is 11.9 Å². The lowest BCUT2D eigenvalue weighted by Gasteiger charge is -2.05. The number of aromatic nitrogens is 2. The summed E-state index contributed by atoms with van der Waals surface area (Å²) in [4.78, 5) is 19.3. The topological polar surface area (TPSA) is 54.9 Å². The molecule has 1 aromatic carbocycles. The first-order valence-corrected chi connectivity index (χ1v) is 6.76. The van der Waals surface area contributed by atoms with E-state index in [0.717, 1.165) is 15.6 Å². The Balaban J connectivity index is 2.02. The average Bonchev–Trinajstić information content (AvgIpc) is 2.40. The molecule has 4 nitrogen and oxygen atoms in total. The predicted octanol–water partition coefficient (Wildman–Crippen LogP) is 3.30. The Kier molecular flexibility index (Phi) is 4.63. The molecule has 1 N–H and O–H groups in total. The van der Waals surface area contributed by atoms with E-state index in [1.54, 1.807) is 19.3 Å². The Morgan fingerprint density at radius 3 is 2.37 bits per heavy atom. The van der Waals surface area contributed by atoms with Crippen LogP contribution in [0.2, 0.25) is 0 Å². The molecule has 0 saturated carbocycles. The van der Waals surface area contributed by atoms with Crippen LogP contribution < -0.4 is 5.32 Å². The molecule has 0 aliphatic heterocycles. The van der Waals surface area contributed by atoms with Gasteiger partial charge in [-0.05, 0) is 24.6 Å². The van der Waals surface area contributed by atoms with E-state index in [0.29, 0.717) is 18.9 Å². The van der Waals surface area contributed by atoms with Crippen molar-refractivity contribution >= 4 is 27.7 Å². The maximum Gasteiger partial charge on any atom is 0.222 e. The van der Waals surface area contributed by atoms with Crippen LogP contribution in [0.25, 0.3) is 11.1 Å². The fourth-order valence-corrected chi connectivity index (χ4v) is 1.83. The zero-order valence-electron chi connectivity index (χ0n) is 10.6. The Bertz CT molecular complexity index is 552. The number of carbonyl (C=O) groups is 1. The van der Waals surface area contributed by atoms with Crippen LogP contribution in [0.5, 0.6) is 0 Å². The Hall–Kier alpha value is -1.75. The molecule has 0 aliphatic carbocycles. The van der Waals surface area contributed by atoms with Gasteiger partial charge in [0.05, 0.1) is 0 Å². The number of rotatable bonds is 5. The first-order valence-electron chi connectivity index (χ1n) is 5.96. The van der Waals surface area contributed by atoms with Crippen LogP contribution >= 0.6 is 15.9 Å². The van der Waals surface area contributed by atoms with Gasteiger partial charge >= 0.3 is 0 Å². The third kappa shape index (κ3) is 4.13. The molecule has 0 aliphatic rings. The molecule has 0 spiro atoms. The average molecular weight is 320 g/mol. The standard InChI is InChI=1S/C14H14BrN3O/c1-10(19)6-7-16-14-17-8-12(9-18-14)11-2-4-13(15)5-3-11/h2-5,8-9H,6-7H2,1H3,(H,16,17,18). The number of carbonyl (C=O) groups excluding carboxylic acids is 1. The van der Waals surface area contributed by atoms with Crippen LogP contribution in [0.4, 0.5) is 5.95 Å². The molecule has 98 valence electrons. The fraction of sp³-hybridized carbons (Fsp3) is 0.214. The van der Waals surface area contributed by atoms with E-state index in [4.69, 9.17) is 0 Å². The molecule has 1 heterocycles. The molecule has 0 amide bonds. The smallest absolute Gasteiger partial charge is 0.222 e. The number of anilines is 1.